The molecule has 0 unspecified atom stereocenters. The van der Waals surface area contributed by atoms with E-state index in [1.165, 1.54) is 22.6 Å². The minimum atomic E-state index is -0.526. The standard InChI is InChI=1S/C20H22IN5O3S/c1-20(2,3)29-19(27)26(4)10-14-11-30-18(24-14)9-23-25-13-5-6-15(16(21)7-13)17-8-22-12-28-17/h5-9,11-12,25H,10H2,1-4H3/b23-9+. The van der Waals surface area contributed by atoms with Crippen LogP contribution in [0.15, 0.2) is 45.7 Å². The van der Waals surface area contributed by atoms with Crippen molar-refractivity contribution in [3.63, 3.8) is 0 Å². The lowest BCUT2D eigenvalue weighted by Gasteiger charge is -2.24. The predicted molar refractivity (Wildman–Crippen MR) is 126 cm³/mol. The van der Waals surface area contributed by atoms with Gasteiger partial charge in [-0.2, -0.15) is 5.10 Å². The number of thiazole rings is 1. The summed E-state index contributed by atoms with van der Waals surface area (Å²) in [6.07, 6.45) is 4.37. The van der Waals surface area contributed by atoms with Crippen molar-refractivity contribution < 1.29 is 13.9 Å². The Kier molecular flexibility index (Phi) is 7.08. The molecule has 0 saturated carbocycles. The highest BCUT2D eigenvalue weighted by molar-refractivity contribution is 14.1. The molecular formula is C20H22IN5O3S. The van der Waals surface area contributed by atoms with Crippen molar-refractivity contribution in [3.05, 3.63) is 50.4 Å². The second kappa shape index (κ2) is 9.56. The first-order valence-electron chi connectivity index (χ1n) is 9.07. The van der Waals surface area contributed by atoms with E-state index in [0.29, 0.717) is 6.54 Å². The van der Waals surface area contributed by atoms with Crippen LogP contribution in [0.4, 0.5) is 10.5 Å². The van der Waals surface area contributed by atoms with Crippen molar-refractivity contribution in [2.75, 3.05) is 12.5 Å². The van der Waals surface area contributed by atoms with Gasteiger partial charge in [0.25, 0.3) is 0 Å². The number of hydrazone groups is 1. The van der Waals surface area contributed by atoms with Crippen LogP contribution in [-0.2, 0) is 11.3 Å². The molecule has 0 radical (unpaired) electrons. The average Bonchev–Trinajstić information content (AvgIpc) is 3.33. The smallest absolute Gasteiger partial charge is 0.410 e. The van der Waals surface area contributed by atoms with Gasteiger partial charge in [-0.3, -0.25) is 5.43 Å². The minimum Gasteiger partial charge on any atom is -0.444 e. The number of benzene rings is 1. The number of carbonyl (C=O) groups is 1. The van der Waals surface area contributed by atoms with Crippen LogP contribution in [0.5, 0.6) is 0 Å². The highest BCUT2D eigenvalue weighted by Crippen LogP contribution is 2.27. The van der Waals surface area contributed by atoms with Gasteiger partial charge in [0.15, 0.2) is 12.2 Å². The highest BCUT2D eigenvalue weighted by atomic mass is 127. The second-order valence-electron chi connectivity index (χ2n) is 7.44. The number of amides is 1. The van der Waals surface area contributed by atoms with Gasteiger partial charge < -0.3 is 14.1 Å². The Morgan fingerprint density at radius 2 is 2.23 bits per heavy atom. The maximum Gasteiger partial charge on any atom is 0.410 e. The number of hydrogen-bond donors (Lipinski definition) is 1. The normalized spacial score (nSPS) is 11.6. The van der Waals surface area contributed by atoms with Crippen LogP contribution in [0.2, 0.25) is 0 Å². The van der Waals surface area contributed by atoms with Gasteiger partial charge in [0, 0.05) is 21.6 Å². The Labute approximate surface area is 192 Å². The molecule has 0 bridgehead atoms. The molecule has 0 aliphatic carbocycles. The number of anilines is 1. The van der Waals surface area contributed by atoms with E-state index in [9.17, 15) is 4.79 Å². The molecule has 0 aliphatic rings. The number of aromatic nitrogens is 2. The number of nitrogens with zero attached hydrogens (tertiary/aromatic N) is 4. The Morgan fingerprint density at radius 3 is 2.90 bits per heavy atom. The van der Waals surface area contributed by atoms with E-state index in [4.69, 9.17) is 9.15 Å². The van der Waals surface area contributed by atoms with Gasteiger partial charge >= 0.3 is 6.09 Å². The molecule has 8 nitrogen and oxygen atoms in total. The summed E-state index contributed by atoms with van der Waals surface area (Å²) < 4.78 is 11.7. The van der Waals surface area contributed by atoms with E-state index >= 15 is 0 Å². The molecule has 1 amide bonds. The van der Waals surface area contributed by atoms with Crippen molar-refractivity contribution in [2.24, 2.45) is 5.10 Å². The number of carbonyl (C=O) groups excluding carboxylic acids is 1. The fourth-order valence-corrected chi connectivity index (χ4v) is 3.85. The second-order valence-corrected chi connectivity index (χ2v) is 9.50. The van der Waals surface area contributed by atoms with Crippen molar-refractivity contribution in [2.45, 2.75) is 32.9 Å². The number of hydrogen-bond acceptors (Lipinski definition) is 8. The van der Waals surface area contributed by atoms with Crippen LogP contribution < -0.4 is 5.43 Å². The number of rotatable bonds is 6. The average molecular weight is 539 g/mol. The lowest BCUT2D eigenvalue weighted by atomic mass is 10.2. The summed E-state index contributed by atoms with van der Waals surface area (Å²) in [4.78, 5) is 22.0. The van der Waals surface area contributed by atoms with E-state index in [2.05, 4.69) is 43.1 Å². The molecule has 3 aromatic rings. The van der Waals surface area contributed by atoms with E-state index in [-0.39, 0.29) is 6.09 Å². The Hall–Kier alpha value is -2.47. The molecule has 10 heteroatoms. The molecule has 0 saturated heterocycles. The molecule has 0 spiro atoms. The summed E-state index contributed by atoms with van der Waals surface area (Å²) in [5.41, 5.74) is 5.07. The Morgan fingerprint density at radius 1 is 1.43 bits per heavy atom. The minimum absolute atomic E-state index is 0.369. The molecule has 0 aliphatic heterocycles. The molecule has 2 aromatic heterocycles. The summed E-state index contributed by atoms with van der Waals surface area (Å²) in [6, 6.07) is 5.84. The molecule has 0 atom stereocenters. The van der Waals surface area contributed by atoms with E-state index in [1.807, 2.05) is 44.4 Å². The van der Waals surface area contributed by atoms with Crippen LogP contribution in [0.3, 0.4) is 0 Å². The molecule has 3 rings (SSSR count). The van der Waals surface area contributed by atoms with Gasteiger partial charge in [-0.25, -0.2) is 14.8 Å². The first-order chi connectivity index (χ1) is 14.2. The van der Waals surface area contributed by atoms with Crippen LogP contribution >= 0.6 is 33.9 Å². The molecule has 1 N–H and O–H groups in total. The molecule has 30 heavy (non-hydrogen) atoms. The maximum atomic E-state index is 12.1. The third-order valence-corrected chi connectivity index (χ3v) is 5.43. The van der Waals surface area contributed by atoms with Gasteiger partial charge in [-0.15, -0.1) is 11.3 Å². The quantitative estimate of drug-likeness (QED) is 0.263. The van der Waals surface area contributed by atoms with Crippen LogP contribution in [0.25, 0.3) is 11.3 Å². The highest BCUT2D eigenvalue weighted by Gasteiger charge is 2.20. The van der Waals surface area contributed by atoms with Crippen molar-refractivity contribution in [1.82, 2.24) is 14.9 Å². The number of ether oxygens (including phenoxy) is 1. The van der Waals surface area contributed by atoms with Gasteiger partial charge in [-0.1, -0.05) is 0 Å². The Balaban J connectivity index is 1.56. The molecule has 0 fully saturated rings. The predicted octanol–water partition coefficient (Wildman–Crippen LogP) is 5.22. The number of nitrogens with one attached hydrogen (secondary N) is 1. The third-order valence-electron chi connectivity index (χ3n) is 3.71. The maximum absolute atomic E-state index is 12.1. The van der Waals surface area contributed by atoms with Gasteiger partial charge in [0.2, 0.25) is 0 Å². The largest absolute Gasteiger partial charge is 0.444 e. The van der Waals surface area contributed by atoms with Crippen molar-refractivity contribution >= 4 is 51.9 Å². The zero-order valence-electron chi connectivity index (χ0n) is 17.0. The third kappa shape index (κ3) is 6.26. The zero-order valence-corrected chi connectivity index (χ0v) is 20.0. The van der Waals surface area contributed by atoms with Crippen molar-refractivity contribution in [1.29, 1.82) is 0 Å². The fourth-order valence-electron chi connectivity index (χ4n) is 2.40. The molecule has 158 valence electrons. The van der Waals surface area contributed by atoms with E-state index in [0.717, 1.165) is 31.3 Å². The first kappa shape index (κ1) is 22.2. The zero-order chi connectivity index (χ0) is 21.7. The monoisotopic (exact) mass is 539 g/mol. The Bertz CT molecular complexity index is 1030. The summed E-state index contributed by atoms with van der Waals surface area (Å²) in [6.45, 7) is 5.89. The first-order valence-corrected chi connectivity index (χ1v) is 11.0. The van der Waals surface area contributed by atoms with Crippen LogP contribution in [-0.4, -0.2) is 39.8 Å². The van der Waals surface area contributed by atoms with E-state index < -0.39 is 5.60 Å². The summed E-state index contributed by atoms with van der Waals surface area (Å²) in [5.74, 6) is 0.723. The van der Waals surface area contributed by atoms with Gasteiger partial charge in [0.05, 0.1) is 30.3 Å². The summed E-state index contributed by atoms with van der Waals surface area (Å²) in [7, 11) is 1.69. The van der Waals surface area contributed by atoms with Gasteiger partial charge in [0.1, 0.15) is 10.6 Å². The topological polar surface area (TPSA) is 92.9 Å². The summed E-state index contributed by atoms with van der Waals surface area (Å²) >= 11 is 3.70. The van der Waals surface area contributed by atoms with Crippen LogP contribution in [0, 0.1) is 3.57 Å². The van der Waals surface area contributed by atoms with Crippen molar-refractivity contribution in [3.8, 4) is 11.3 Å². The van der Waals surface area contributed by atoms with Gasteiger partial charge in [-0.05, 0) is 61.6 Å². The SMILES string of the molecule is CN(Cc1csc(/C=N/Nc2ccc(-c3cnco3)c(I)c2)n1)C(=O)OC(C)(C)C. The molecule has 1 aromatic carbocycles. The fraction of sp³-hybridized carbons (Fsp3) is 0.300. The summed E-state index contributed by atoms with van der Waals surface area (Å²) in [5, 5.41) is 6.89. The molecular weight excluding hydrogens is 517 g/mol. The van der Waals surface area contributed by atoms with E-state index in [1.54, 1.807) is 19.5 Å². The molecule has 2 heterocycles. The lowest BCUT2D eigenvalue weighted by molar-refractivity contribution is 0.0283. The lowest BCUT2D eigenvalue weighted by Crippen LogP contribution is -2.33. The van der Waals surface area contributed by atoms with Crippen LogP contribution in [0.1, 0.15) is 31.5 Å². The number of halogens is 1. The number of oxazole rings is 1.